The molecule has 0 aromatic carbocycles. The highest BCUT2D eigenvalue weighted by molar-refractivity contribution is 4.90. The van der Waals surface area contributed by atoms with Gasteiger partial charge in [-0.1, -0.05) is 13.8 Å². The van der Waals surface area contributed by atoms with Crippen LogP contribution in [0.5, 0.6) is 0 Å². The summed E-state index contributed by atoms with van der Waals surface area (Å²) in [5, 5.41) is 0. The van der Waals surface area contributed by atoms with Crippen molar-refractivity contribution >= 4 is 0 Å². The van der Waals surface area contributed by atoms with Crippen LogP contribution in [0.25, 0.3) is 0 Å². The van der Waals surface area contributed by atoms with E-state index in [4.69, 9.17) is 5.73 Å². The molecule has 12 heavy (non-hydrogen) atoms. The molecule has 72 valence electrons. The largest absolute Gasteiger partial charge is 0.326 e. The molecule has 0 aromatic heterocycles. The van der Waals surface area contributed by atoms with Crippen LogP contribution in [0.1, 0.15) is 26.7 Å². The summed E-state index contributed by atoms with van der Waals surface area (Å²) in [6.07, 6.45) is 2.52. The Kier molecular flexibility index (Phi) is 3.13. The Morgan fingerprint density at radius 3 is 2.17 bits per heavy atom. The van der Waals surface area contributed by atoms with Gasteiger partial charge in [-0.05, 0) is 38.8 Å². The third-order valence-electron chi connectivity index (χ3n) is 3.07. The molecule has 0 spiro atoms. The first-order valence-electron chi connectivity index (χ1n) is 4.94. The molecule has 2 N–H and O–H groups in total. The second-order valence-electron chi connectivity index (χ2n) is 4.67. The van der Waals surface area contributed by atoms with Gasteiger partial charge in [-0.2, -0.15) is 0 Å². The molecular weight excluding hydrogens is 148 g/mol. The number of nitrogens with zero attached hydrogens (tertiary/aromatic N) is 1. The molecular formula is C10H22N2. The first-order valence-corrected chi connectivity index (χ1v) is 4.94. The van der Waals surface area contributed by atoms with Crippen molar-refractivity contribution in [3.8, 4) is 0 Å². The maximum absolute atomic E-state index is 6.12. The molecule has 0 radical (unpaired) electrons. The molecule has 2 heteroatoms. The molecule has 0 amide bonds. The molecule has 0 aliphatic heterocycles. The lowest BCUT2D eigenvalue weighted by molar-refractivity contribution is 0.117. The lowest BCUT2D eigenvalue weighted by atomic mass is 9.76. The predicted molar refractivity (Wildman–Crippen MR) is 53.0 cm³/mol. The van der Waals surface area contributed by atoms with Crippen molar-refractivity contribution in [3.63, 3.8) is 0 Å². The van der Waals surface area contributed by atoms with Crippen LogP contribution in [0.2, 0.25) is 0 Å². The van der Waals surface area contributed by atoms with Gasteiger partial charge in [-0.3, -0.25) is 0 Å². The summed E-state index contributed by atoms with van der Waals surface area (Å²) in [5.41, 5.74) is 6.12. The van der Waals surface area contributed by atoms with Crippen molar-refractivity contribution in [2.24, 2.45) is 17.6 Å². The highest BCUT2D eigenvalue weighted by Gasteiger charge is 2.32. The van der Waals surface area contributed by atoms with E-state index in [-0.39, 0.29) is 0 Å². The first-order chi connectivity index (χ1) is 5.52. The van der Waals surface area contributed by atoms with E-state index in [1.165, 1.54) is 12.8 Å². The van der Waals surface area contributed by atoms with Crippen LogP contribution in [0.3, 0.4) is 0 Å². The SMILES string of the molecule is CC1CC(C)C(N(C)C)C(N)C1. The van der Waals surface area contributed by atoms with E-state index in [1.807, 2.05) is 0 Å². The molecule has 1 fully saturated rings. The fraction of sp³-hybridized carbons (Fsp3) is 1.00. The lowest BCUT2D eigenvalue weighted by Crippen LogP contribution is -2.52. The van der Waals surface area contributed by atoms with E-state index >= 15 is 0 Å². The van der Waals surface area contributed by atoms with Gasteiger partial charge in [0.15, 0.2) is 0 Å². The minimum absolute atomic E-state index is 0.374. The Hall–Kier alpha value is -0.0800. The molecule has 4 atom stereocenters. The Balaban J connectivity index is 2.60. The second-order valence-corrected chi connectivity index (χ2v) is 4.67. The average molecular weight is 170 g/mol. The van der Waals surface area contributed by atoms with Crippen LogP contribution in [0.4, 0.5) is 0 Å². The minimum atomic E-state index is 0.374. The molecule has 2 nitrogen and oxygen atoms in total. The third-order valence-corrected chi connectivity index (χ3v) is 3.07. The Morgan fingerprint density at radius 1 is 1.17 bits per heavy atom. The van der Waals surface area contributed by atoms with Crippen molar-refractivity contribution in [1.82, 2.24) is 4.90 Å². The number of likely N-dealkylation sites (N-methyl/N-ethyl adjacent to an activating group) is 1. The molecule has 0 saturated heterocycles. The van der Waals surface area contributed by atoms with Crippen molar-refractivity contribution in [2.45, 2.75) is 38.8 Å². The zero-order valence-corrected chi connectivity index (χ0v) is 8.75. The fourth-order valence-corrected chi connectivity index (χ4v) is 2.79. The number of nitrogens with two attached hydrogens (primary N) is 1. The summed E-state index contributed by atoms with van der Waals surface area (Å²) in [7, 11) is 4.27. The van der Waals surface area contributed by atoms with Crippen LogP contribution in [-0.2, 0) is 0 Å². The van der Waals surface area contributed by atoms with Crippen LogP contribution in [0, 0.1) is 11.8 Å². The van der Waals surface area contributed by atoms with E-state index in [0.29, 0.717) is 12.1 Å². The summed E-state index contributed by atoms with van der Waals surface area (Å²) in [4.78, 5) is 2.28. The fourth-order valence-electron chi connectivity index (χ4n) is 2.79. The van der Waals surface area contributed by atoms with Crippen LogP contribution in [-0.4, -0.2) is 31.1 Å². The molecule has 1 rings (SSSR count). The third kappa shape index (κ3) is 1.99. The number of hydrogen-bond donors (Lipinski definition) is 1. The normalized spacial score (nSPS) is 43.5. The van der Waals surface area contributed by atoms with Crippen molar-refractivity contribution in [3.05, 3.63) is 0 Å². The monoisotopic (exact) mass is 170 g/mol. The van der Waals surface area contributed by atoms with E-state index in [0.717, 1.165) is 11.8 Å². The average Bonchev–Trinajstić information content (AvgIpc) is 1.82. The van der Waals surface area contributed by atoms with Gasteiger partial charge in [-0.25, -0.2) is 0 Å². The van der Waals surface area contributed by atoms with Gasteiger partial charge in [0.05, 0.1) is 0 Å². The molecule has 1 aliphatic rings. The van der Waals surface area contributed by atoms with Crippen molar-refractivity contribution in [2.75, 3.05) is 14.1 Å². The van der Waals surface area contributed by atoms with E-state index in [1.54, 1.807) is 0 Å². The van der Waals surface area contributed by atoms with Crippen molar-refractivity contribution < 1.29 is 0 Å². The van der Waals surface area contributed by atoms with E-state index < -0.39 is 0 Å². The maximum atomic E-state index is 6.12. The second kappa shape index (κ2) is 3.75. The summed E-state index contributed by atoms with van der Waals surface area (Å²) < 4.78 is 0. The summed E-state index contributed by atoms with van der Waals surface area (Å²) in [6, 6.07) is 0.958. The maximum Gasteiger partial charge on any atom is 0.0266 e. The van der Waals surface area contributed by atoms with E-state index in [2.05, 4.69) is 32.8 Å². The highest BCUT2D eigenvalue weighted by Crippen LogP contribution is 2.30. The highest BCUT2D eigenvalue weighted by atomic mass is 15.1. The minimum Gasteiger partial charge on any atom is -0.326 e. The summed E-state index contributed by atoms with van der Waals surface area (Å²) in [6.45, 7) is 4.63. The first kappa shape index (κ1) is 10.0. The lowest BCUT2D eigenvalue weighted by Gasteiger charge is -2.41. The van der Waals surface area contributed by atoms with Gasteiger partial charge < -0.3 is 10.6 Å². The molecule has 0 bridgehead atoms. The van der Waals surface area contributed by atoms with Gasteiger partial charge in [-0.15, -0.1) is 0 Å². The molecule has 4 unspecified atom stereocenters. The van der Waals surface area contributed by atoms with E-state index in [9.17, 15) is 0 Å². The Morgan fingerprint density at radius 2 is 1.75 bits per heavy atom. The Labute approximate surface area is 76.1 Å². The summed E-state index contributed by atoms with van der Waals surface area (Å²) in [5.74, 6) is 1.56. The van der Waals surface area contributed by atoms with Gasteiger partial charge in [0.1, 0.15) is 0 Å². The molecule has 1 aliphatic carbocycles. The Bertz CT molecular complexity index is 133. The summed E-state index contributed by atoms with van der Waals surface area (Å²) >= 11 is 0. The predicted octanol–water partition coefficient (Wildman–Crippen LogP) is 1.31. The van der Waals surface area contributed by atoms with Crippen LogP contribution < -0.4 is 5.73 Å². The smallest absolute Gasteiger partial charge is 0.0266 e. The topological polar surface area (TPSA) is 29.3 Å². The number of hydrogen-bond acceptors (Lipinski definition) is 2. The zero-order chi connectivity index (χ0) is 9.30. The van der Waals surface area contributed by atoms with Crippen LogP contribution >= 0.6 is 0 Å². The quantitative estimate of drug-likeness (QED) is 0.643. The van der Waals surface area contributed by atoms with Gasteiger partial charge in [0.2, 0.25) is 0 Å². The molecule has 1 saturated carbocycles. The van der Waals surface area contributed by atoms with Gasteiger partial charge in [0.25, 0.3) is 0 Å². The molecule has 0 heterocycles. The standard InChI is InChI=1S/C10H22N2/c1-7-5-8(2)10(12(3)4)9(11)6-7/h7-10H,5-6,11H2,1-4H3. The van der Waals surface area contributed by atoms with Crippen molar-refractivity contribution in [1.29, 1.82) is 0 Å². The van der Waals surface area contributed by atoms with Crippen LogP contribution in [0.15, 0.2) is 0 Å². The zero-order valence-electron chi connectivity index (χ0n) is 8.75. The number of rotatable bonds is 1. The van der Waals surface area contributed by atoms with Gasteiger partial charge >= 0.3 is 0 Å². The van der Waals surface area contributed by atoms with Gasteiger partial charge in [0, 0.05) is 12.1 Å². The molecule has 0 aromatic rings.